The lowest BCUT2D eigenvalue weighted by atomic mass is 9.49. The molecule has 140 valence electrons. The monoisotopic (exact) mass is 358 g/mol. The number of nitro groups is 1. The van der Waals surface area contributed by atoms with Gasteiger partial charge < -0.3 is 10.1 Å². The van der Waals surface area contributed by atoms with E-state index in [-0.39, 0.29) is 17.2 Å². The van der Waals surface area contributed by atoms with Crippen molar-refractivity contribution in [3.05, 3.63) is 39.4 Å². The van der Waals surface area contributed by atoms with E-state index in [1.807, 2.05) is 0 Å². The predicted molar refractivity (Wildman–Crippen MR) is 97.0 cm³/mol. The number of rotatable bonds is 5. The Bertz CT molecular complexity index is 717. The molecule has 0 atom stereocenters. The lowest BCUT2D eigenvalue weighted by Crippen LogP contribution is -2.63. The van der Waals surface area contributed by atoms with Crippen LogP contribution in [-0.2, 0) is 4.74 Å². The molecule has 0 aliphatic heterocycles. The van der Waals surface area contributed by atoms with Crippen LogP contribution in [0.5, 0.6) is 0 Å². The zero-order valence-corrected chi connectivity index (χ0v) is 15.4. The molecule has 1 amide bonds. The van der Waals surface area contributed by atoms with Gasteiger partial charge in [-0.05, 0) is 68.8 Å². The van der Waals surface area contributed by atoms with Gasteiger partial charge in [-0.1, -0.05) is 6.07 Å². The molecule has 6 nitrogen and oxygen atoms in total. The van der Waals surface area contributed by atoms with E-state index in [4.69, 9.17) is 4.74 Å². The molecular weight excluding hydrogens is 332 g/mol. The average Bonchev–Trinajstić information content (AvgIpc) is 2.61. The lowest BCUT2D eigenvalue weighted by molar-refractivity contribution is -0.385. The maximum absolute atomic E-state index is 12.7. The van der Waals surface area contributed by atoms with Gasteiger partial charge in [0.2, 0.25) is 0 Å². The highest BCUT2D eigenvalue weighted by Gasteiger charge is 2.57. The Hall–Kier alpha value is -1.95. The first-order chi connectivity index (χ1) is 12.4. The number of methoxy groups -OCH3 is 1. The summed E-state index contributed by atoms with van der Waals surface area (Å²) in [5.74, 6) is 2.42. The maximum Gasteiger partial charge on any atom is 0.273 e. The number of amides is 1. The molecule has 4 aliphatic carbocycles. The summed E-state index contributed by atoms with van der Waals surface area (Å²) in [5.41, 5.74) is 0.479. The first-order valence-electron chi connectivity index (χ1n) is 9.52. The maximum atomic E-state index is 12.7. The zero-order chi connectivity index (χ0) is 18.5. The van der Waals surface area contributed by atoms with Gasteiger partial charge in [0.05, 0.1) is 10.5 Å². The molecule has 26 heavy (non-hydrogen) atoms. The minimum atomic E-state index is -0.444. The molecule has 4 saturated carbocycles. The highest BCUT2D eigenvalue weighted by Crippen LogP contribution is 2.59. The molecule has 0 radical (unpaired) electrons. The second kappa shape index (κ2) is 6.34. The zero-order valence-electron chi connectivity index (χ0n) is 15.4. The summed E-state index contributed by atoms with van der Waals surface area (Å²) in [4.78, 5) is 23.4. The lowest BCUT2D eigenvalue weighted by Gasteiger charge is -2.60. The van der Waals surface area contributed by atoms with Crippen LogP contribution in [0.3, 0.4) is 0 Å². The number of carbonyl (C=O) groups excluding carboxylic acids is 1. The number of ether oxygens (including phenoxy) is 1. The second-order valence-electron chi connectivity index (χ2n) is 8.35. The summed E-state index contributed by atoms with van der Waals surface area (Å²) in [6.45, 7) is 2.11. The number of benzene rings is 1. The Morgan fingerprint density at radius 2 is 1.85 bits per heavy atom. The summed E-state index contributed by atoms with van der Waals surface area (Å²) >= 11 is 0. The quantitative estimate of drug-likeness (QED) is 0.645. The fourth-order valence-corrected chi connectivity index (χ4v) is 6.06. The molecule has 4 bridgehead atoms. The smallest absolute Gasteiger partial charge is 0.273 e. The van der Waals surface area contributed by atoms with E-state index < -0.39 is 4.92 Å². The van der Waals surface area contributed by atoms with Crippen molar-refractivity contribution in [3.63, 3.8) is 0 Å². The van der Waals surface area contributed by atoms with E-state index in [1.165, 1.54) is 38.2 Å². The van der Waals surface area contributed by atoms with Gasteiger partial charge in [-0.2, -0.15) is 0 Å². The van der Waals surface area contributed by atoms with Crippen molar-refractivity contribution in [1.29, 1.82) is 0 Å². The standard InChI is InChI=1S/C20H26N2O4/c1-12-17(4-3-5-18(12)22(24)25)19(23)21-11-20(26-2)15-7-13-6-14(9-15)10-16(20)8-13/h3-5,13-16H,6-11H2,1-2H3,(H,21,23). The summed E-state index contributed by atoms with van der Waals surface area (Å²) < 4.78 is 6.07. The van der Waals surface area contributed by atoms with Crippen molar-refractivity contribution >= 4 is 11.6 Å². The number of nitrogens with one attached hydrogen (secondary N) is 1. The predicted octanol–water partition coefficient (Wildman–Crippen LogP) is 3.47. The Morgan fingerprint density at radius 3 is 2.38 bits per heavy atom. The number of hydrogen-bond donors (Lipinski definition) is 1. The fourth-order valence-electron chi connectivity index (χ4n) is 6.06. The molecule has 0 spiro atoms. The van der Waals surface area contributed by atoms with E-state index in [9.17, 15) is 14.9 Å². The van der Waals surface area contributed by atoms with Gasteiger partial charge in [0, 0.05) is 30.8 Å². The van der Waals surface area contributed by atoms with Gasteiger partial charge >= 0.3 is 0 Å². The Labute approximate surface area is 153 Å². The first-order valence-corrected chi connectivity index (χ1v) is 9.52. The van der Waals surface area contributed by atoms with Crippen LogP contribution in [-0.4, -0.2) is 30.1 Å². The third kappa shape index (κ3) is 2.62. The molecule has 4 aliphatic rings. The van der Waals surface area contributed by atoms with Crippen LogP contribution >= 0.6 is 0 Å². The van der Waals surface area contributed by atoms with Gasteiger partial charge in [-0.15, -0.1) is 0 Å². The summed E-state index contributed by atoms with van der Waals surface area (Å²) in [6, 6.07) is 4.64. The van der Waals surface area contributed by atoms with Gasteiger partial charge in [0.15, 0.2) is 0 Å². The van der Waals surface area contributed by atoms with Crippen LogP contribution in [0.4, 0.5) is 5.69 Å². The largest absolute Gasteiger partial charge is 0.376 e. The Morgan fingerprint density at radius 1 is 1.23 bits per heavy atom. The van der Waals surface area contributed by atoms with E-state index in [0.29, 0.717) is 29.5 Å². The Balaban J connectivity index is 1.52. The molecule has 4 fully saturated rings. The summed E-state index contributed by atoms with van der Waals surface area (Å²) in [5, 5.41) is 14.2. The third-order valence-electron chi connectivity index (χ3n) is 7.17. The van der Waals surface area contributed by atoms with E-state index in [1.54, 1.807) is 26.2 Å². The highest BCUT2D eigenvalue weighted by molar-refractivity contribution is 5.96. The second-order valence-corrected chi connectivity index (χ2v) is 8.35. The van der Waals surface area contributed by atoms with Crippen LogP contribution in [0.15, 0.2) is 18.2 Å². The Kier molecular flexibility index (Phi) is 4.26. The number of carbonyl (C=O) groups is 1. The van der Waals surface area contributed by atoms with E-state index in [0.717, 1.165) is 11.8 Å². The van der Waals surface area contributed by atoms with Crippen LogP contribution in [0.2, 0.25) is 0 Å². The third-order valence-corrected chi connectivity index (χ3v) is 7.17. The van der Waals surface area contributed by atoms with Crippen LogP contribution in [0, 0.1) is 40.7 Å². The number of nitro benzene ring substituents is 1. The van der Waals surface area contributed by atoms with Crippen molar-refractivity contribution < 1.29 is 14.5 Å². The van der Waals surface area contributed by atoms with Crippen molar-refractivity contribution in [2.75, 3.05) is 13.7 Å². The summed E-state index contributed by atoms with van der Waals surface area (Å²) in [7, 11) is 1.77. The normalized spacial score (nSPS) is 34.7. The molecule has 0 saturated heterocycles. The van der Waals surface area contributed by atoms with E-state index in [2.05, 4.69) is 5.32 Å². The van der Waals surface area contributed by atoms with Crippen LogP contribution in [0.25, 0.3) is 0 Å². The van der Waals surface area contributed by atoms with Gasteiger partial charge in [-0.25, -0.2) is 0 Å². The highest BCUT2D eigenvalue weighted by atomic mass is 16.6. The van der Waals surface area contributed by atoms with Crippen molar-refractivity contribution in [2.45, 2.75) is 44.6 Å². The summed E-state index contributed by atoms with van der Waals surface area (Å²) in [6.07, 6.45) is 6.17. The first kappa shape index (κ1) is 17.5. The van der Waals surface area contributed by atoms with Crippen molar-refractivity contribution in [3.8, 4) is 0 Å². The topological polar surface area (TPSA) is 81.5 Å². The molecule has 1 aromatic rings. The van der Waals surface area contributed by atoms with Gasteiger partial charge in [-0.3, -0.25) is 14.9 Å². The van der Waals surface area contributed by atoms with E-state index >= 15 is 0 Å². The van der Waals surface area contributed by atoms with Gasteiger partial charge in [0.25, 0.3) is 11.6 Å². The molecule has 6 heteroatoms. The molecule has 1 aromatic carbocycles. The van der Waals surface area contributed by atoms with Crippen molar-refractivity contribution in [2.24, 2.45) is 23.7 Å². The minimum Gasteiger partial charge on any atom is -0.376 e. The molecule has 0 heterocycles. The molecule has 0 aromatic heterocycles. The average molecular weight is 358 g/mol. The van der Waals surface area contributed by atoms with Gasteiger partial charge in [0.1, 0.15) is 0 Å². The fraction of sp³-hybridized carbons (Fsp3) is 0.650. The molecule has 1 N–H and O–H groups in total. The van der Waals surface area contributed by atoms with Crippen LogP contribution < -0.4 is 5.32 Å². The molecular formula is C20H26N2O4. The molecule has 5 rings (SSSR count). The number of nitrogens with zero attached hydrogens (tertiary/aromatic N) is 1. The van der Waals surface area contributed by atoms with Crippen LogP contribution in [0.1, 0.15) is 48.0 Å². The van der Waals surface area contributed by atoms with Crippen molar-refractivity contribution in [1.82, 2.24) is 5.32 Å². The number of hydrogen-bond acceptors (Lipinski definition) is 4. The minimum absolute atomic E-state index is 0.0197. The molecule has 0 unspecified atom stereocenters. The SMILES string of the molecule is COC1(CNC(=O)c2cccc([N+](=O)[O-])c2C)C2CC3CC(C2)CC1C3.